The van der Waals surface area contributed by atoms with Crippen molar-refractivity contribution in [2.75, 3.05) is 19.0 Å². The zero-order chi connectivity index (χ0) is 15.2. The van der Waals surface area contributed by atoms with Crippen LogP contribution in [-0.2, 0) is 11.3 Å². The van der Waals surface area contributed by atoms with Gasteiger partial charge in [0.05, 0.1) is 4.47 Å². The Morgan fingerprint density at radius 3 is 2.76 bits per heavy atom. The molecule has 0 radical (unpaired) electrons. The van der Waals surface area contributed by atoms with Gasteiger partial charge in [0, 0.05) is 19.7 Å². The lowest BCUT2D eigenvalue weighted by molar-refractivity contribution is 0.177. The second-order valence-electron chi connectivity index (χ2n) is 4.15. The highest BCUT2D eigenvalue weighted by Gasteiger charge is 2.08. The van der Waals surface area contributed by atoms with Crippen LogP contribution in [0.15, 0.2) is 28.7 Å². The van der Waals surface area contributed by atoms with E-state index >= 15 is 0 Å². The lowest BCUT2D eigenvalue weighted by atomic mass is 10.3. The van der Waals surface area contributed by atoms with Gasteiger partial charge in [0.2, 0.25) is 5.88 Å². The van der Waals surface area contributed by atoms with Crippen molar-refractivity contribution in [2.45, 2.75) is 13.5 Å². The van der Waals surface area contributed by atoms with E-state index in [0.717, 1.165) is 6.54 Å². The van der Waals surface area contributed by atoms with Gasteiger partial charge in [0.15, 0.2) is 5.82 Å². The third-order valence-electron chi connectivity index (χ3n) is 2.49. The Bertz CT molecular complexity index is 601. The number of nitrogens with one attached hydrogen (secondary N) is 1. The molecule has 0 aliphatic heterocycles. The molecule has 21 heavy (non-hydrogen) atoms. The predicted molar refractivity (Wildman–Crippen MR) is 81.1 cm³/mol. The number of hydrogen-bond donors (Lipinski definition) is 1. The summed E-state index contributed by atoms with van der Waals surface area (Å²) in [6, 6.07) is 6.08. The highest BCUT2D eigenvalue weighted by Crippen LogP contribution is 2.26. The van der Waals surface area contributed by atoms with Crippen molar-refractivity contribution in [3.05, 3.63) is 40.4 Å². The molecule has 1 aromatic heterocycles. The van der Waals surface area contributed by atoms with Gasteiger partial charge in [-0.15, -0.1) is 0 Å². The van der Waals surface area contributed by atoms with E-state index in [0.29, 0.717) is 27.7 Å². The molecule has 1 N–H and O–H groups in total. The van der Waals surface area contributed by atoms with Gasteiger partial charge in [-0.1, -0.05) is 0 Å². The van der Waals surface area contributed by atoms with Crippen molar-refractivity contribution < 1.29 is 13.9 Å². The summed E-state index contributed by atoms with van der Waals surface area (Å²) in [5, 5.41) is 3.10. The van der Waals surface area contributed by atoms with Crippen LogP contribution in [-0.4, -0.2) is 23.6 Å². The number of ether oxygens (including phenoxy) is 2. The van der Waals surface area contributed by atoms with Crippen LogP contribution in [0.1, 0.15) is 12.7 Å². The van der Waals surface area contributed by atoms with Crippen molar-refractivity contribution in [1.29, 1.82) is 0 Å². The van der Waals surface area contributed by atoms with Crippen molar-refractivity contribution in [3.63, 3.8) is 0 Å². The quantitative estimate of drug-likeness (QED) is 0.854. The molecule has 0 saturated heterocycles. The van der Waals surface area contributed by atoms with Crippen LogP contribution in [0, 0.1) is 5.82 Å². The molecule has 2 aromatic rings. The van der Waals surface area contributed by atoms with Crippen molar-refractivity contribution in [3.8, 4) is 11.6 Å². The zero-order valence-corrected chi connectivity index (χ0v) is 13.3. The number of methoxy groups -OCH3 is 1. The fourth-order valence-electron chi connectivity index (χ4n) is 1.65. The summed E-state index contributed by atoms with van der Waals surface area (Å²) in [6.45, 7) is 2.98. The molecular weight excluding hydrogens is 341 g/mol. The average molecular weight is 356 g/mol. The molecule has 0 amide bonds. The molecule has 0 unspecified atom stereocenters. The number of aromatic nitrogens is 2. The molecule has 0 saturated carbocycles. The Balaban J connectivity index is 2.26. The van der Waals surface area contributed by atoms with Gasteiger partial charge < -0.3 is 14.8 Å². The van der Waals surface area contributed by atoms with Crippen LogP contribution in [0.4, 0.5) is 10.2 Å². The second-order valence-corrected chi connectivity index (χ2v) is 5.00. The number of nitrogens with zero attached hydrogens (tertiary/aromatic N) is 2. The standard InChI is InChI=1S/C14H15BrFN3O2/c1-3-17-12-7-14(19-13(18-12)8-20-2)21-9-4-5-11(16)10(15)6-9/h4-7H,3,8H2,1-2H3,(H,17,18,19). The molecular formula is C14H15BrFN3O2. The molecule has 0 atom stereocenters. The second kappa shape index (κ2) is 7.33. The largest absolute Gasteiger partial charge is 0.439 e. The van der Waals surface area contributed by atoms with Gasteiger partial charge in [0.1, 0.15) is 24.0 Å². The Hall–Kier alpha value is -1.73. The highest BCUT2D eigenvalue weighted by molar-refractivity contribution is 9.10. The van der Waals surface area contributed by atoms with Crippen LogP contribution in [0.2, 0.25) is 0 Å². The maximum atomic E-state index is 13.2. The normalized spacial score (nSPS) is 10.5. The first kappa shape index (κ1) is 15.7. The minimum absolute atomic E-state index is 0.280. The summed E-state index contributed by atoms with van der Waals surface area (Å²) in [7, 11) is 1.57. The van der Waals surface area contributed by atoms with Crippen molar-refractivity contribution in [2.24, 2.45) is 0 Å². The summed E-state index contributed by atoms with van der Waals surface area (Å²) in [4.78, 5) is 8.54. The Morgan fingerprint density at radius 1 is 1.29 bits per heavy atom. The summed E-state index contributed by atoms with van der Waals surface area (Å²) >= 11 is 3.12. The minimum atomic E-state index is -0.349. The van der Waals surface area contributed by atoms with E-state index in [1.54, 1.807) is 19.2 Å². The zero-order valence-electron chi connectivity index (χ0n) is 11.7. The average Bonchev–Trinajstić information content (AvgIpc) is 2.43. The van der Waals surface area contributed by atoms with Crippen LogP contribution >= 0.6 is 15.9 Å². The van der Waals surface area contributed by atoms with Gasteiger partial charge in [-0.3, -0.25) is 0 Å². The van der Waals surface area contributed by atoms with E-state index in [-0.39, 0.29) is 12.4 Å². The topological polar surface area (TPSA) is 56.3 Å². The molecule has 0 bridgehead atoms. The molecule has 7 heteroatoms. The molecule has 1 aromatic carbocycles. The fraction of sp³-hybridized carbons (Fsp3) is 0.286. The summed E-state index contributed by atoms with van der Waals surface area (Å²) in [6.07, 6.45) is 0. The molecule has 112 valence electrons. The molecule has 5 nitrogen and oxygen atoms in total. The number of anilines is 1. The van der Waals surface area contributed by atoms with Gasteiger partial charge in [-0.05, 0) is 41.1 Å². The Morgan fingerprint density at radius 2 is 2.10 bits per heavy atom. The van der Waals surface area contributed by atoms with E-state index in [9.17, 15) is 4.39 Å². The smallest absolute Gasteiger partial charge is 0.224 e. The molecule has 0 fully saturated rings. The number of hydrogen-bond acceptors (Lipinski definition) is 5. The van der Waals surface area contributed by atoms with Gasteiger partial charge in [-0.2, -0.15) is 4.98 Å². The summed E-state index contributed by atoms with van der Waals surface area (Å²) in [5.41, 5.74) is 0. The molecule has 0 aliphatic rings. The molecule has 0 aliphatic carbocycles. The first-order valence-electron chi connectivity index (χ1n) is 6.36. The number of benzene rings is 1. The first-order chi connectivity index (χ1) is 10.1. The lowest BCUT2D eigenvalue weighted by Gasteiger charge is -2.10. The van der Waals surface area contributed by atoms with E-state index < -0.39 is 0 Å². The van der Waals surface area contributed by atoms with Gasteiger partial charge in [0.25, 0.3) is 0 Å². The van der Waals surface area contributed by atoms with Crippen LogP contribution < -0.4 is 10.1 Å². The van der Waals surface area contributed by atoms with E-state index in [2.05, 4.69) is 31.2 Å². The van der Waals surface area contributed by atoms with Crippen LogP contribution in [0.25, 0.3) is 0 Å². The van der Waals surface area contributed by atoms with Crippen molar-refractivity contribution in [1.82, 2.24) is 9.97 Å². The van der Waals surface area contributed by atoms with Crippen molar-refractivity contribution >= 4 is 21.7 Å². The highest BCUT2D eigenvalue weighted by atomic mass is 79.9. The fourth-order valence-corrected chi connectivity index (χ4v) is 2.01. The number of rotatable bonds is 6. The third-order valence-corrected chi connectivity index (χ3v) is 3.10. The number of halogens is 2. The summed E-state index contributed by atoms with van der Waals surface area (Å²) < 4.78 is 24.2. The maximum Gasteiger partial charge on any atom is 0.224 e. The maximum absolute atomic E-state index is 13.2. The van der Waals surface area contributed by atoms with Gasteiger partial charge in [-0.25, -0.2) is 9.37 Å². The first-order valence-corrected chi connectivity index (χ1v) is 7.15. The van der Waals surface area contributed by atoms with E-state index in [1.807, 2.05) is 6.92 Å². The predicted octanol–water partition coefficient (Wildman–Crippen LogP) is 3.75. The molecule has 0 spiro atoms. The summed E-state index contributed by atoms with van der Waals surface area (Å²) in [5.74, 6) is 1.65. The molecule has 1 heterocycles. The Labute approximate surface area is 130 Å². The van der Waals surface area contributed by atoms with Crippen LogP contribution in [0.3, 0.4) is 0 Å². The van der Waals surface area contributed by atoms with E-state index in [1.165, 1.54) is 12.1 Å². The lowest BCUT2D eigenvalue weighted by Crippen LogP contribution is -2.05. The Kier molecular flexibility index (Phi) is 5.46. The monoisotopic (exact) mass is 355 g/mol. The third kappa shape index (κ3) is 4.37. The van der Waals surface area contributed by atoms with E-state index in [4.69, 9.17) is 9.47 Å². The van der Waals surface area contributed by atoms with Gasteiger partial charge >= 0.3 is 0 Å². The van der Waals surface area contributed by atoms with Crippen LogP contribution in [0.5, 0.6) is 11.6 Å². The minimum Gasteiger partial charge on any atom is -0.439 e. The molecule has 2 rings (SSSR count). The SMILES string of the molecule is CCNc1cc(Oc2ccc(F)c(Br)c2)nc(COC)n1.